The molecular weight excluding hydrogens is 252 g/mol. The van der Waals surface area contributed by atoms with Gasteiger partial charge in [-0.05, 0) is 32.2 Å². The molecule has 0 aromatic heterocycles. The first kappa shape index (κ1) is 17.1. The van der Waals surface area contributed by atoms with Gasteiger partial charge in [0.15, 0.2) is 0 Å². The highest BCUT2D eigenvalue weighted by atomic mass is 32.1. The van der Waals surface area contributed by atoms with Gasteiger partial charge in [-0.1, -0.05) is 19.8 Å². The van der Waals surface area contributed by atoms with Gasteiger partial charge < -0.3 is 10.2 Å². The number of hydrogen-bond donors (Lipinski definition) is 3. The minimum absolute atomic E-state index is 0.0501. The summed E-state index contributed by atoms with van der Waals surface area (Å²) in [6, 6.07) is 0. The summed E-state index contributed by atoms with van der Waals surface area (Å²) in [4.78, 5) is 13.7. The van der Waals surface area contributed by atoms with E-state index in [0.29, 0.717) is 11.8 Å². The first-order valence-electron chi connectivity index (χ1n) is 6.22. The standard InChI is InChI=1S/C12H26N2OS2/c1-10(16)6-4-5-7-11(17)12(15)13-8-9-14(2)3/h10-11,16-17H,4-9H2,1-3H3,(H,13,15). The van der Waals surface area contributed by atoms with Crippen LogP contribution in [0.3, 0.4) is 0 Å². The van der Waals surface area contributed by atoms with Crippen LogP contribution >= 0.6 is 25.3 Å². The minimum atomic E-state index is -0.174. The summed E-state index contributed by atoms with van der Waals surface area (Å²) in [6.07, 6.45) is 4.11. The summed E-state index contributed by atoms with van der Waals surface area (Å²) in [6.45, 7) is 3.65. The zero-order valence-electron chi connectivity index (χ0n) is 11.1. The van der Waals surface area contributed by atoms with Crippen LogP contribution in [0.4, 0.5) is 0 Å². The lowest BCUT2D eigenvalue weighted by molar-refractivity contribution is -0.120. The molecule has 5 heteroatoms. The Bertz CT molecular complexity index is 211. The molecule has 0 bridgehead atoms. The van der Waals surface area contributed by atoms with Crippen LogP contribution < -0.4 is 5.32 Å². The maximum atomic E-state index is 11.6. The number of carbonyl (C=O) groups is 1. The zero-order chi connectivity index (χ0) is 13.3. The number of likely N-dealkylation sites (N-methyl/N-ethyl adjacent to an activating group) is 1. The highest BCUT2D eigenvalue weighted by Gasteiger charge is 2.12. The SMILES string of the molecule is CC(S)CCCCC(S)C(=O)NCCN(C)C. The zero-order valence-corrected chi connectivity index (χ0v) is 12.9. The normalized spacial score (nSPS) is 14.7. The Balaban J connectivity index is 3.53. The van der Waals surface area contributed by atoms with Gasteiger partial charge >= 0.3 is 0 Å². The molecule has 2 atom stereocenters. The lowest BCUT2D eigenvalue weighted by atomic mass is 10.1. The van der Waals surface area contributed by atoms with Crippen molar-refractivity contribution in [2.75, 3.05) is 27.2 Å². The van der Waals surface area contributed by atoms with Crippen molar-refractivity contribution < 1.29 is 4.79 Å². The van der Waals surface area contributed by atoms with Gasteiger partial charge in [-0.25, -0.2) is 0 Å². The smallest absolute Gasteiger partial charge is 0.232 e. The molecule has 0 radical (unpaired) electrons. The fourth-order valence-corrected chi connectivity index (χ4v) is 1.89. The van der Waals surface area contributed by atoms with Crippen LogP contribution in [0.1, 0.15) is 32.6 Å². The largest absolute Gasteiger partial charge is 0.354 e. The average molecular weight is 278 g/mol. The highest BCUT2D eigenvalue weighted by Crippen LogP contribution is 2.12. The minimum Gasteiger partial charge on any atom is -0.354 e. The Hall–Kier alpha value is 0.130. The highest BCUT2D eigenvalue weighted by molar-refractivity contribution is 7.81. The molecule has 1 amide bonds. The molecule has 0 spiro atoms. The van der Waals surface area contributed by atoms with Gasteiger partial charge in [0.2, 0.25) is 5.91 Å². The van der Waals surface area contributed by atoms with E-state index in [0.717, 1.165) is 32.2 Å². The Labute approximate surface area is 117 Å². The van der Waals surface area contributed by atoms with Crippen molar-refractivity contribution in [2.24, 2.45) is 0 Å². The van der Waals surface area contributed by atoms with Crippen molar-refractivity contribution in [1.29, 1.82) is 0 Å². The van der Waals surface area contributed by atoms with E-state index in [2.05, 4.69) is 37.5 Å². The lowest BCUT2D eigenvalue weighted by Crippen LogP contribution is -2.36. The van der Waals surface area contributed by atoms with E-state index in [-0.39, 0.29) is 11.2 Å². The van der Waals surface area contributed by atoms with E-state index in [9.17, 15) is 4.79 Å². The molecule has 0 saturated carbocycles. The number of nitrogens with zero attached hydrogens (tertiary/aromatic N) is 1. The molecule has 0 rings (SSSR count). The molecule has 3 nitrogen and oxygen atoms in total. The number of thiol groups is 2. The van der Waals surface area contributed by atoms with Crippen LogP contribution in [-0.2, 0) is 4.79 Å². The van der Waals surface area contributed by atoms with Crippen molar-refractivity contribution in [3.63, 3.8) is 0 Å². The van der Waals surface area contributed by atoms with E-state index in [4.69, 9.17) is 0 Å². The molecule has 0 aliphatic carbocycles. The maximum absolute atomic E-state index is 11.6. The molecule has 0 aliphatic heterocycles. The first-order valence-corrected chi connectivity index (χ1v) is 7.25. The molecule has 0 aliphatic rings. The van der Waals surface area contributed by atoms with E-state index >= 15 is 0 Å². The predicted octanol–water partition coefficient (Wildman–Crippen LogP) is 1.84. The van der Waals surface area contributed by atoms with E-state index in [1.165, 1.54) is 0 Å². The fraction of sp³-hybridized carbons (Fsp3) is 0.917. The molecule has 0 aromatic carbocycles. The van der Waals surface area contributed by atoms with Gasteiger partial charge in [-0.15, -0.1) is 0 Å². The van der Waals surface area contributed by atoms with E-state index in [1.54, 1.807) is 0 Å². The van der Waals surface area contributed by atoms with Crippen LogP contribution in [0.25, 0.3) is 0 Å². The second-order valence-corrected chi connectivity index (χ2v) is 6.25. The van der Waals surface area contributed by atoms with Gasteiger partial charge in [0.25, 0.3) is 0 Å². The molecule has 0 fully saturated rings. The van der Waals surface area contributed by atoms with Crippen molar-refractivity contribution >= 4 is 31.2 Å². The van der Waals surface area contributed by atoms with E-state index in [1.807, 2.05) is 19.0 Å². The summed E-state index contributed by atoms with van der Waals surface area (Å²) in [5.41, 5.74) is 0. The quantitative estimate of drug-likeness (QED) is 0.444. The van der Waals surface area contributed by atoms with E-state index < -0.39 is 0 Å². The van der Waals surface area contributed by atoms with Crippen molar-refractivity contribution in [2.45, 2.75) is 43.1 Å². The molecule has 17 heavy (non-hydrogen) atoms. The summed E-state index contributed by atoms with van der Waals surface area (Å²) in [5.74, 6) is 0.0501. The van der Waals surface area contributed by atoms with Gasteiger partial charge in [0.05, 0.1) is 5.25 Å². The molecule has 0 saturated heterocycles. The number of hydrogen-bond acceptors (Lipinski definition) is 4. The predicted molar refractivity (Wildman–Crippen MR) is 81.3 cm³/mol. The fourth-order valence-electron chi connectivity index (χ4n) is 1.43. The van der Waals surface area contributed by atoms with Crippen molar-refractivity contribution in [3.05, 3.63) is 0 Å². The van der Waals surface area contributed by atoms with Crippen LogP contribution in [0.2, 0.25) is 0 Å². The number of unbranched alkanes of at least 4 members (excludes halogenated alkanes) is 1. The van der Waals surface area contributed by atoms with Crippen molar-refractivity contribution in [1.82, 2.24) is 10.2 Å². The molecule has 0 aromatic rings. The molecule has 2 unspecified atom stereocenters. The molecular formula is C12H26N2OS2. The molecule has 102 valence electrons. The lowest BCUT2D eigenvalue weighted by Gasteiger charge is -2.14. The van der Waals surface area contributed by atoms with Gasteiger partial charge in [0, 0.05) is 13.1 Å². The molecule has 1 N–H and O–H groups in total. The summed E-state index contributed by atoms with van der Waals surface area (Å²) < 4.78 is 0. The Morgan fingerprint density at radius 1 is 1.24 bits per heavy atom. The van der Waals surface area contributed by atoms with Crippen LogP contribution in [0.5, 0.6) is 0 Å². The summed E-state index contributed by atoms with van der Waals surface area (Å²) in [7, 11) is 3.98. The average Bonchev–Trinajstić information content (AvgIpc) is 2.23. The van der Waals surface area contributed by atoms with Crippen LogP contribution in [0, 0.1) is 0 Å². The third-order valence-corrected chi connectivity index (χ3v) is 3.26. The number of carbonyl (C=O) groups excluding carboxylic acids is 1. The number of nitrogens with one attached hydrogen (secondary N) is 1. The third kappa shape index (κ3) is 11.0. The topological polar surface area (TPSA) is 32.3 Å². The van der Waals surface area contributed by atoms with Gasteiger partial charge in [-0.2, -0.15) is 25.3 Å². The summed E-state index contributed by atoms with van der Waals surface area (Å²) in [5, 5.41) is 3.16. The van der Waals surface area contributed by atoms with Crippen LogP contribution in [-0.4, -0.2) is 48.5 Å². The number of rotatable bonds is 9. The van der Waals surface area contributed by atoms with Gasteiger partial charge in [0.1, 0.15) is 0 Å². The second kappa shape index (κ2) is 10.1. The van der Waals surface area contributed by atoms with Gasteiger partial charge in [-0.3, -0.25) is 4.79 Å². The summed E-state index contributed by atoms with van der Waals surface area (Å²) >= 11 is 8.66. The third-order valence-electron chi connectivity index (χ3n) is 2.51. The Kier molecular flexibility index (Phi) is 10.2. The first-order chi connectivity index (χ1) is 7.93. The van der Waals surface area contributed by atoms with Crippen LogP contribution in [0.15, 0.2) is 0 Å². The second-order valence-electron chi connectivity index (χ2n) is 4.74. The van der Waals surface area contributed by atoms with Crippen molar-refractivity contribution in [3.8, 4) is 0 Å². The Morgan fingerprint density at radius 2 is 1.82 bits per heavy atom. The monoisotopic (exact) mass is 278 g/mol. The Morgan fingerprint density at radius 3 is 2.35 bits per heavy atom. The maximum Gasteiger partial charge on any atom is 0.232 e. The number of amides is 1. The molecule has 0 heterocycles.